The number of nitrogen functional groups attached to an aromatic ring is 1. The van der Waals surface area contributed by atoms with E-state index in [-0.39, 0.29) is 12.3 Å². The van der Waals surface area contributed by atoms with Gasteiger partial charge in [0.1, 0.15) is 5.60 Å². The minimum atomic E-state index is -3.32. The van der Waals surface area contributed by atoms with E-state index in [4.69, 9.17) is 5.73 Å². The van der Waals surface area contributed by atoms with Crippen molar-refractivity contribution in [1.82, 2.24) is 4.72 Å². The fraction of sp³-hybridized carbons (Fsp3) is 0.500. The largest absolute Gasteiger partial charge is 0.399 e. The number of rotatable bonds is 6. The van der Waals surface area contributed by atoms with Crippen molar-refractivity contribution in [2.75, 3.05) is 18.0 Å². The highest BCUT2D eigenvalue weighted by Crippen LogP contribution is 2.20. The van der Waals surface area contributed by atoms with Crippen molar-refractivity contribution < 1.29 is 13.5 Å². The molecule has 0 saturated heterocycles. The zero-order valence-electron chi connectivity index (χ0n) is 10.7. The van der Waals surface area contributed by atoms with E-state index >= 15 is 0 Å². The molecule has 0 spiro atoms. The maximum atomic E-state index is 11.5. The molecule has 0 fully saturated rings. The van der Waals surface area contributed by atoms with Gasteiger partial charge in [-0.1, -0.05) is 19.1 Å². The lowest BCUT2D eigenvalue weighted by Gasteiger charge is -2.24. The lowest BCUT2D eigenvalue weighted by Crippen LogP contribution is -2.39. The summed E-state index contributed by atoms with van der Waals surface area (Å²) in [5, 5.41) is 10.2. The van der Waals surface area contributed by atoms with Crippen LogP contribution in [0.15, 0.2) is 24.3 Å². The molecule has 1 aromatic carbocycles. The molecule has 0 saturated carbocycles. The van der Waals surface area contributed by atoms with Gasteiger partial charge in [0.15, 0.2) is 0 Å². The number of hydrogen-bond acceptors (Lipinski definition) is 4. The van der Waals surface area contributed by atoms with Gasteiger partial charge >= 0.3 is 0 Å². The van der Waals surface area contributed by atoms with Gasteiger partial charge in [0.05, 0.1) is 5.75 Å². The number of nitrogens with one attached hydrogen (secondary N) is 1. The molecule has 4 N–H and O–H groups in total. The van der Waals surface area contributed by atoms with Crippen LogP contribution in [0.2, 0.25) is 0 Å². The van der Waals surface area contributed by atoms with Crippen molar-refractivity contribution in [3.05, 3.63) is 29.8 Å². The van der Waals surface area contributed by atoms with Gasteiger partial charge in [-0.15, -0.1) is 0 Å². The van der Waals surface area contributed by atoms with Gasteiger partial charge in [0.2, 0.25) is 10.0 Å². The normalized spacial score (nSPS) is 15.3. The predicted molar refractivity (Wildman–Crippen MR) is 72.5 cm³/mol. The average molecular weight is 272 g/mol. The van der Waals surface area contributed by atoms with Crippen LogP contribution in [0.25, 0.3) is 0 Å². The Labute approximate surface area is 108 Å². The highest BCUT2D eigenvalue weighted by atomic mass is 32.2. The Morgan fingerprint density at radius 2 is 1.89 bits per heavy atom. The Morgan fingerprint density at radius 1 is 1.33 bits per heavy atom. The van der Waals surface area contributed by atoms with Crippen LogP contribution in [0.1, 0.15) is 25.8 Å². The third-order valence-corrected chi connectivity index (χ3v) is 4.17. The molecule has 18 heavy (non-hydrogen) atoms. The van der Waals surface area contributed by atoms with Crippen molar-refractivity contribution in [2.24, 2.45) is 0 Å². The van der Waals surface area contributed by atoms with Gasteiger partial charge in [0.25, 0.3) is 0 Å². The number of benzene rings is 1. The maximum Gasteiger partial charge on any atom is 0.211 e. The molecular formula is C12H20N2O3S. The maximum absolute atomic E-state index is 11.5. The second kappa shape index (κ2) is 5.69. The molecule has 1 aromatic rings. The summed E-state index contributed by atoms with van der Waals surface area (Å²) in [7, 11) is -3.32. The molecule has 0 amide bonds. The van der Waals surface area contributed by atoms with Gasteiger partial charge in [-0.3, -0.25) is 0 Å². The molecule has 1 unspecified atom stereocenters. The fourth-order valence-electron chi connectivity index (χ4n) is 1.54. The van der Waals surface area contributed by atoms with E-state index in [9.17, 15) is 13.5 Å². The van der Waals surface area contributed by atoms with Gasteiger partial charge in [-0.05, 0) is 31.0 Å². The van der Waals surface area contributed by atoms with Crippen LogP contribution in [-0.2, 0) is 15.6 Å². The molecule has 0 aliphatic carbocycles. The molecule has 102 valence electrons. The average Bonchev–Trinajstić information content (AvgIpc) is 2.27. The van der Waals surface area contributed by atoms with Crippen LogP contribution in [0.5, 0.6) is 0 Å². The standard InChI is InChI=1S/C12H20N2O3S/c1-3-8-18(16,17)14-9-12(2,15)10-4-6-11(13)7-5-10/h4-7,14-15H,3,8-9,13H2,1-2H3. The van der Waals surface area contributed by atoms with E-state index in [1.807, 2.05) is 0 Å². The van der Waals surface area contributed by atoms with E-state index in [0.717, 1.165) is 0 Å². The molecular weight excluding hydrogens is 252 g/mol. The minimum Gasteiger partial charge on any atom is -0.399 e. The minimum absolute atomic E-state index is 0.0563. The summed E-state index contributed by atoms with van der Waals surface area (Å²) >= 11 is 0. The molecule has 0 aliphatic heterocycles. The van der Waals surface area contributed by atoms with Crippen LogP contribution in [0.3, 0.4) is 0 Å². The summed E-state index contributed by atoms with van der Waals surface area (Å²) in [6.45, 7) is 3.30. The highest BCUT2D eigenvalue weighted by Gasteiger charge is 2.25. The Kier molecular flexibility index (Phi) is 4.72. The topological polar surface area (TPSA) is 92.4 Å². The number of nitrogens with two attached hydrogens (primary N) is 1. The molecule has 0 bridgehead atoms. The summed E-state index contributed by atoms with van der Waals surface area (Å²) in [5.74, 6) is 0.0603. The SMILES string of the molecule is CCCS(=O)(=O)NCC(C)(O)c1ccc(N)cc1. The summed E-state index contributed by atoms with van der Waals surface area (Å²) in [5.41, 5.74) is 5.52. The van der Waals surface area contributed by atoms with Crippen LogP contribution in [0.4, 0.5) is 5.69 Å². The lowest BCUT2D eigenvalue weighted by molar-refractivity contribution is 0.0628. The van der Waals surface area contributed by atoms with Crippen molar-refractivity contribution in [1.29, 1.82) is 0 Å². The fourth-order valence-corrected chi connectivity index (χ4v) is 2.72. The molecule has 5 nitrogen and oxygen atoms in total. The molecule has 6 heteroatoms. The van der Waals surface area contributed by atoms with Crippen molar-refractivity contribution in [3.63, 3.8) is 0 Å². The first-order chi connectivity index (χ1) is 8.27. The predicted octanol–water partition coefficient (Wildman–Crippen LogP) is 0.806. The molecule has 1 atom stereocenters. The summed E-state index contributed by atoms with van der Waals surface area (Å²) in [6, 6.07) is 6.71. The third-order valence-electron chi connectivity index (χ3n) is 2.64. The zero-order chi connectivity index (χ0) is 13.8. The second-order valence-electron chi connectivity index (χ2n) is 4.54. The first kappa shape index (κ1) is 14.9. The highest BCUT2D eigenvalue weighted by molar-refractivity contribution is 7.89. The Hall–Kier alpha value is -1.11. The molecule has 1 rings (SSSR count). The van der Waals surface area contributed by atoms with Crippen molar-refractivity contribution in [3.8, 4) is 0 Å². The Balaban J connectivity index is 2.73. The van der Waals surface area contributed by atoms with Crippen LogP contribution in [-0.4, -0.2) is 25.8 Å². The monoisotopic (exact) mass is 272 g/mol. The Morgan fingerprint density at radius 3 is 2.39 bits per heavy atom. The second-order valence-corrected chi connectivity index (χ2v) is 6.46. The van der Waals surface area contributed by atoms with E-state index < -0.39 is 15.6 Å². The molecule has 0 aliphatic rings. The quantitative estimate of drug-likeness (QED) is 0.668. The van der Waals surface area contributed by atoms with E-state index in [1.54, 1.807) is 38.1 Å². The van der Waals surface area contributed by atoms with Crippen LogP contribution in [0, 0.1) is 0 Å². The van der Waals surface area contributed by atoms with E-state index in [2.05, 4.69) is 4.72 Å². The lowest BCUT2D eigenvalue weighted by atomic mass is 9.96. The number of sulfonamides is 1. The van der Waals surface area contributed by atoms with E-state index in [0.29, 0.717) is 17.7 Å². The van der Waals surface area contributed by atoms with Crippen LogP contribution < -0.4 is 10.5 Å². The van der Waals surface area contributed by atoms with Gasteiger partial charge in [-0.2, -0.15) is 0 Å². The number of aliphatic hydroxyl groups is 1. The smallest absolute Gasteiger partial charge is 0.211 e. The van der Waals surface area contributed by atoms with Crippen LogP contribution >= 0.6 is 0 Å². The van der Waals surface area contributed by atoms with Crippen molar-refractivity contribution in [2.45, 2.75) is 25.9 Å². The van der Waals surface area contributed by atoms with Gasteiger partial charge < -0.3 is 10.8 Å². The third kappa shape index (κ3) is 4.29. The first-order valence-electron chi connectivity index (χ1n) is 5.82. The molecule has 0 heterocycles. The summed E-state index contributed by atoms with van der Waals surface area (Å²) in [4.78, 5) is 0. The first-order valence-corrected chi connectivity index (χ1v) is 7.48. The van der Waals surface area contributed by atoms with E-state index in [1.165, 1.54) is 0 Å². The van der Waals surface area contributed by atoms with Gasteiger partial charge in [-0.25, -0.2) is 13.1 Å². The Bertz CT molecular complexity index is 481. The number of hydrogen-bond donors (Lipinski definition) is 3. The summed E-state index contributed by atoms with van der Waals surface area (Å²) in [6.07, 6.45) is 0.541. The zero-order valence-corrected chi connectivity index (χ0v) is 11.5. The molecule has 0 radical (unpaired) electrons. The summed E-state index contributed by atoms with van der Waals surface area (Å²) < 4.78 is 25.4. The van der Waals surface area contributed by atoms with Gasteiger partial charge in [0, 0.05) is 12.2 Å². The number of anilines is 1. The van der Waals surface area contributed by atoms with Crippen molar-refractivity contribution >= 4 is 15.7 Å². The molecule has 0 aromatic heterocycles.